The van der Waals surface area contributed by atoms with Crippen LogP contribution in [-0.4, -0.2) is 40.8 Å². The quantitative estimate of drug-likeness (QED) is 0.614. The molecule has 0 unspecified atom stereocenters. The minimum absolute atomic E-state index is 0.0216. The first-order valence-electron chi connectivity index (χ1n) is 9.13. The fraction of sp³-hybridized carbons (Fsp3) is 0.286. The van der Waals surface area contributed by atoms with Gasteiger partial charge >= 0.3 is 0 Å². The number of hydrogen-bond acceptors (Lipinski definition) is 5. The molecule has 2 heterocycles. The van der Waals surface area contributed by atoms with Crippen LogP contribution in [-0.2, 0) is 0 Å². The van der Waals surface area contributed by atoms with Crippen molar-refractivity contribution in [1.29, 1.82) is 0 Å². The number of likely N-dealkylation sites (tertiary alicyclic amines) is 1. The zero-order chi connectivity index (χ0) is 19.7. The summed E-state index contributed by atoms with van der Waals surface area (Å²) in [6, 6.07) is 11.6. The molecule has 28 heavy (non-hydrogen) atoms. The third kappa shape index (κ3) is 3.75. The average Bonchev–Trinajstić information content (AvgIpc) is 3.12. The van der Waals surface area contributed by atoms with E-state index in [-0.39, 0.29) is 23.6 Å². The van der Waals surface area contributed by atoms with Gasteiger partial charge in [-0.1, -0.05) is 29.5 Å². The molecule has 1 saturated heterocycles. The number of piperidine rings is 1. The number of thiazole rings is 1. The molecule has 3 aromatic rings. The first kappa shape index (κ1) is 18.6. The lowest BCUT2D eigenvalue weighted by atomic mass is 10.0. The van der Waals surface area contributed by atoms with E-state index in [4.69, 9.17) is 4.74 Å². The number of nitrogens with zero attached hydrogens (tertiary/aromatic N) is 2. The van der Waals surface area contributed by atoms with Crippen molar-refractivity contribution in [3.8, 4) is 5.19 Å². The maximum absolute atomic E-state index is 13.8. The van der Waals surface area contributed by atoms with Crippen molar-refractivity contribution in [2.24, 2.45) is 0 Å². The van der Waals surface area contributed by atoms with E-state index in [0.717, 1.165) is 4.70 Å². The SMILES string of the molecule is CC(=O)c1ccc(C(=O)N2CCC(Oc3nc4c(F)cccc4s3)CC2)cc1. The molecule has 7 heteroatoms. The molecule has 1 fully saturated rings. The van der Waals surface area contributed by atoms with E-state index in [0.29, 0.717) is 47.8 Å². The molecule has 4 rings (SSSR count). The molecule has 0 saturated carbocycles. The molecule has 144 valence electrons. The average molecular weight is 398 g/mol. The number of ketones is 1. The van der Waals surface area contributed by atoms with Gasteiger partial charge in [0.2, 0.25) is 0 Å². The monoisotopic (exact) mass is 398 g/mol. The Kier molecular flexibility index (Phi) is 5.09. The number of fused-ring (bicyclic) bond motifs is 1. The van der Waals surface area contributed by atoms with Crippen LogP contribution >= 0.6 is 11.3 Å². The topological polar surface area (TPSA) is 59.5 Å². The molecule has 1 aliphatic heterocycles. The number of carbonyl (C=O) groups is 2. The van der Waals surface area contributed by atoms with E-state index in [1.54, 1.807) is 35.2 Å². The number of para-hydroxylation sites is 1. The number of aromatic nitrogens is 1. The summed E-state index contributed by atoms with van der Waals surface area (Å²) in [5, 5.41) is 0.463. The highest BCUT2D eigenvalue weighted by Crippen LogP contribution is 2.31. The number of hydrogen-bond donors (Lipinski definition) is 0. The maximum atomic E-state index is 13.8. The number of halogens is 1. The molecule has 0 aliphatic carbocycles. The lowest BCUT2D eigenvalue weighted by Gasteiger charge is -2.31. The maximum Gasteiger partial charge on any atom is 0.274 e. The van der Waals surface area contributed by atoms with Crippen molar-refractivity contribution in [3.05, 3.63) is 59.4 Å². The predicted molar refractivity (Wildman–Crippen MR) is 106 cm³/mol. The second-order valence-corrected chi connectivity index (χ2v) is 7.80. The summed E-state index contributed by atoms with van der Waals surface area (Å²) in [6.45, 7) is 2.66. The summed E-state index contributed by atoms with van der Waals surface area (Å²) in [7, 11) is 0. The van der Waals surface area contributed by atoms with Crippen LogP contribution in [0.2, 0.25) is 0 Å². The first-order valence-corrected chi connectivity index (χ1v) is 9.95. The number of benzene rings is 2. The molecule has 5 nitrogen and oxygen atoms in total. The van der Waals surface area contributed by atoms with E-state index in [1.807, 2.05) is 6.07 Å². The minimum Gasteiger partial charge on any atom is -0.467 e. The van der Waals surface area contributed by atoms with E-state index in [1.165, 1.54) is 24.3 Å². The van der Waals surface area contributed by atoms with Crippen LogP contribution in [0.1, 0.15) is 40.5 Å². The second kappa shape index (κ2) is 7.67. The molecule has 1 amide bonds. The van der Waals surface area contributed by atoms with Crippen molar-refractivity contribution in [3.63, 3.8) is 0 Å². The standard InChI is InChI=1S/C21H19FN2O3S/c1-13(25)14-5-7-15(8-6-14)20(26)24-11-9-16(10-12-24)27-21-23-19-17(22)3-2-4-18(19)28-21/h2-8,16H,9-12H2,1H3. The fourth-order valence-electron chi connectivity index (χ4n) is 3.29. The van der Waals surface area contributed by atoms with Gasteiger partial charge in [-0.25, -0.2) is 4.39 Å². The Hall–Kier alpha value is -2.80. The van der Waals surface area contributed by atoms with Crippen LogP contribution < -0.4 is 4.74 Å². The minimum atomic E-state index is -0.347. The van der Waals surface area contributed by atoms with Crippen molar-refractivity contribution in [2.45, 2.75) is 25.9 Å². The van der Waals surface area contributed by atoms with Crippen LogP contribution in [0, 0.1) is 5.82 Å². The van der Waals surface area contributed by atoms with Gasteiger partial charge < -0.3 is 9.64 Å². The van der Waals surface area contributed by atoms with Gasteiger partial charge in [0.1, 0.15) is 17.4 Å². The number of ether oxygens (including phenoxy) is 1. The van der Waals surface area contributed by atoms with Crippen molar-refractivity contribution >= 4 is 33.2 Å². The Balaban J connectivity index is 1.36. The normalized spacial score (nSPS) is 15.0. The number of rotatable bonds is 4. The lowest BCUT2D eigenvalue weighted by molar-refractivity contribution is 0.0595. The largest absolute Gasteiger partial charge is 0.467 e. The summed E-state index contributed by atoms with van der Waals surface area (Å²) >= 11 is 1.33. The third-order valence-electron chi connectivity index (χ3n) is 4.89. The van der Waals surface area contributed by atoms with Crippen LogP contribution in [0.5, 0.6) is 5.19 Å². The number of Topliss-reactive ketones (excluding diaryl/α,β-unsaturated/α-hetero) is 1. The van der Waals surface area contributed by atoms with Crippen molar-refractivity contribution < 1.29 is 18.7 Å². The first-order chi connectivity index (χ1) is 13.5. The zero-order valence-electron chi connectivity index (χ0n) is 15.4. The molecular weight excluding hydrogens is 379 g/mol. The van der Waals surface area contributed by atoms with Gasteiger partial charge in [0.05, 0.1) is 4.70 Å². The number of carbonyl (C=O) groups excluding carboxylic acids is 2. The van der Waals surface area contributed by atoms with Crippen LogP contribution in [0.15, 0.2) is 42.5 Å². The van der Waals surface area contributed by atoms with Crippen molar-refractivity contribution in [1.82, 2.24) is 9.88 Å². The van der Waals surface area contributed by atoms with Gasteiger partial charge in [0.25, 0.3) is 11.1 Å². The van der Waals surface area contributed by atoms with Crippen molar-refractivity contribution in [2.75, 3.05) is 13.1 Å². The van der Waals surface area contributed by atoms with E-state index in [2.05, 4.69) is 4.98 Å². The molecule has 1 aliphatic rings. The smallest absolute Gasteiger partial charge is 0.274 e. The summed E-state index contributed by atoms with van der Waals surface area (Å²) in [6.07, 6.45) is 1.33. The molecule has 0 radical (unpaired) electrons. The molecular formula is C21H19FN2O3S. The Morgan fingerprint density at radius 3 is 2.43 bits per heavy atom. The van der Waals surface area contributed by atoms with Gasteiger partial charge in [0.15, 0.2) is 5.78 Å². The summed E-state index contributed by atoms with van der Waals surface area (Å²) in [5.74, 6) is -0.415. The Labute approximate surface area is 165 Å². The van der Waals surface area contributed by atoms with Gasteiger partial charge in [-0.15, -0.1) is 0 Å². The Morgan fingerprint density at radius 1 is 1.11 bits per heavy atom. The highest BCUT2D eigenvalue weighted by Gasteiger charge is 2.25. The van der Waals surface area contributed by atoms with E-state index in [9.17, 15) is 14.0 Å². The van der Waals surface area contributed by atoms with Crippen LogP contribution in [0.25, 0.3) is 10.2 Å². The Bertz CT molecular complexity index is 1020. The fourth-order valence-corrected chi connectivity index (χ4v) is 4.19. The van der Waals surface area contributed by atoms with Crippen LogP contribution in [0.4, 0.5) is 4.39 Å². The molecule has 2 aromatic carbocycles. The molecule has 0 N–H and O–H groups in total. The zero-order valence-corrected chi connectivity index (χ0v) is 16.2. The van der Waals surface area contributed by atoms with E-state index < -0.39 is 0 Å². The molecule has 0 bridgehead atoms. The van der Waals surface area contributed by atoms with Crippen LogP contribution in [0.3, 0.4) is 0 Å². The summed E-state index contributed by atoms with van der Waals surface area (Å²) in [4.78, 5) is 30.0. The van der Waals surface area contributed by atoms with Gasteiger partial charge in [-0.05, 0) is 31.2 Å². The summed E-state index contributed by atoms with van der Waals surface area (Å²) < 4.78 is 20.5. The predicted octanol–water partition coefficient (Wildman–Crippen LogP) is 4.32. The number of amides is 1. The molecule has 0 atom stereocenters. The molecule has 1 aromatic heterocycles. The molecule has 0 spiro atoms. The summed E-state index contributed by atoms with van der Waals surface area (Å²) in [5.41, 5.74) is 1.51. The lowest BCUT2D eigenvalue weighted by Crippen LogP contribution is -2.41. The Morgan fingerprint density at radius 2 is 1.79 bits per heavy atom. The van der Waals surface area contributed by atoms with Gasteiger partial charge in [-0.2, -0.15) is 4.98 Å². The third-order valence-corrected chi connectivity index (χ3v) is 5.80. The highest BCUT2D eigenvalue weighted by atomic mass is 32.1. The van der Waals surface area contributed by atoms with Gasteiger partial charge in [-0.3, -0.25) is 9.59 Å². The van der Waals surface area contributed by atoms with Gasteiger partial charge in [0, 0.05) is 37.1 Å². The van der Waals surface area contributed by atoms with E-state index >= 15 is 0 Å². The second-order valence-electron chi connectivity index (χ2n) is 6.81. The highest BCUT2D eigenvalue weighted by molar-refractivity contribution is 7.20.